The van der Waals surface area contributed by atoms with Gasteiger partial charge in [-0.15, -0.1) is 0 Å². The van der Waals surface area contributed by atoms with Crippen LogP contribution >= 0.6 is 0 Å². The van der Waals surface area contributed by atoms with Crippen LogP contribution < -0.4 is 10.6 Å². The second kappa shape index (κ2) is 7.17. The van der Waals surface area contributed by atoms with Crippen molar-refractivity contribution >= 4 is 11.6 Å². The van der Waals surface area contributed by atoms with Crippen molar-refractivity contribution < 1.29 is 18.0 Å². The average Bonchev–Trinajstić information content (AvgIpc) is 2.53. The lowest BCUT2D eigenvalue weighted by molar-refractivity contribution is -0.137. The molecule has 2 rings (SSSR count). The van der Waals surface area contributed by atoms with Gasteiger partial charge in [-0.25, -0.2) is 0 Å². The van der Waals surface area contributed by atoms with E-state index < -0.39 is 11.7 Å². The van der Waals surface area contributed by atoms with Gasteiger partial charge in [-0.2, -0.15) is 13.2 Å². The van der Waals surface area contributed by atoms with E-state index >= 15 is 0 Å². The van der Waals surface area contributed by atoms with Crippen molar-refractivity contribution in [2.75, 3.05) is 11.9 Å². The van der Waals surface area contributed by atoms with E-state index in [1.165, 1.54) is 12.1 Å². The van der Waals surface area contributed by atoms with Crippen molar-refractivity contribution in [2.24, 2.45) is 0 Å². The third-order valence-corrected chi connectivity index (χ3v) is 3.34. The molecular formula is C17H17F3N2O. The number of rotatable bonds is 5. The van der Waals surface area contributed by atoms with Gasteiger partial charge in [0, 0.05) is 5.69 Å². The van der Waals surface area contributed by atoms with E-state index in [0.717, 1.165) is 17.7 Å². The highest BCUT2D eigenvalue weighted by atomic mass is 19.4. The fourth-order valence-electron chi connectivity index (χ4n) is 2.08. The van der Waals surface area contributed by atoms with Gasteiger partial charge in [-0.05, 0) is 36.8 Å². The van der Waals surface area contributed by atoms with E-state index in [9.17, 15) is 18.0 Å². The zero-order chi connectivity index (χ0) is 16.9. The van der Waals surface area contributed by atoms with Gasteiger partial charge >= 0.3 is 6.18 Å². The Morgan fingerprint density at radius 3 is 2.22 bits per heavy atom. The van der Waals surface area contributed by atoms with Gasteiger partial charge in [-0.3, -0.25) is 4.79 Å². The quantitative estimate of drug-likeness (QED) is 0.874. The largest absolute Gasteiger partial charge is 0.416 e. The summed E-state index contributed by atoms with van der Waals surface area (Å²) in [6, 6.07) is 13.9. The monoisotopic (exact) mass is 322 g/mol. The average molecular weight is 322 g/mol. The molecule has 0 saturated carbocycles. The number of hydrogen-bond acceptors (Lipinski definition) is 2. The van der Waals surface area contributed by atoms with Crippen LogP contribution in [0, 0.1) is 0 Å². The normalized spacial score (nSPS) is 12.5. The highest BCUT2D eigenvalue weighted by molar-refractivity contribution is 5.81. The molecule has 3 nitrogen and oxygen atoms in total. The Bertz CT molecular complexity index is 639. The number of halogens is 3. The minimum atomic E-state index is -4.36. The molecule has 122 valence electrons. The van der Waals surface area contributed by atoms with Gasteiger partial charge in [0.1, 0.15) is 0 Å². The number of benzene rings is 2. The van der Waals surface area contributed by atoms with Gasteiger partial charge in [-0.1, -0.05) is 30.3 Å². The first-order chi connectivity index (χ1) is 10.9. The van der Waals surface area contributed by atoms with Crippen LogP contribution in [0.5, 0.6) is 0 Å². The molecule has 2 aromatic rings. The third-order valence-electron chi connectivity index (χ3n) is 3.34. The molecule has 0 radical (unpaired) electrons. The minimum Gasteiger partial charge on any atom is -0.376 e. The molecule has 0 fully saturated rings. The summed E-state index contributed by atoms with van der Waals surface area (Å²) >= 11 is 0. The lowest BCUT2D eigenvalue weighted by Crippen LogP contribution is -2.32. The van der Waals surface area contributed by atoms with Crippen LogP contribution in [0.1, 0.15) is 24.1 Å². The summed E-state index contributed by atoms with van der Waals surface area (Å²) in [6.45, 7) is 1.86. The topological polar surface area (TPSA) is 41.1 Å². The predicted octanol–water partition coefficient (Wildman–Crippen LogP) is 3.99. The van der Waals surface area contributed by atoms with Gasteiger partial charge in [0.25, 0.3) is 0 Å². The van der Waals surface area contributed by atoms with Gasteiger partial charge in [0.2, 0.25) is 5.91 Å². The van der Waals surface area contributed by atoms with Crippen molar-refractivity contribution in [3.63, 3.8) is 0 Å². The molecule has 1 atom stereocenters. The summed E-state index contributed by atoms with van der Waals surface area (Å²) in [6.07, 6.45) is -4.36. The van der Waals surface area contributed by atoms with Crippen molar-refractivity contribution in [3.8, 4) is 0 Å². The fraction of sp³-hybridized carbons (Fsp3) is 0.235. The first-order valence-corrected chi connectivity index (χ1v) is 7.11. The predicted molar refractivity (Wildman–Crippen MR) is 82.9 cm³/mol. The van der Waals surface area contributed by atoms with E-state index in [-0.39, 0.29) is 18.5 Å². The zero-order valence-electron chi connectivity index (χ0n) is 12.5. The maximum Gasteiger partial charge on any atom is 0.416 e. The summed E-state index contributed by atoms with van der Waals surface area (Å²) in [5.41, 5.74) is 0.723. The summed E-state index contributed by atoms with van der Waals surface area (Å²) in [5, 5.41) is 5.62. The number of alkyl halides is 3. The van der Waals surface area contributed by atoms with E-state index in [0.29, 0.717) is 5.69 Å². The molecule has 0 aliphatic heterocycles. The van der Waals surface area contributed by atoms with E-state index in [1.54, 1.807) is 0 Å². The van der Waals surface area contributed by atoms with Crippen molar-refractivity contribution in [1.82, 2.24) is 5.32 Å². The molecule has 0 bridgehead atoms. The molecule has 0 heterocycles. The molecule has 0 spiro atoms. The Morgan fingerprint density at radius 2 is 1.65 bits per heavy atom. The van der Waals surface area contributed by atoms with Crippen molar-refractivity contribution in [1.29, 1.82) is 0 Å². The number of carbonyl (C=O) groups is 1. The van der Waals surface area contributed by atoms with Crippen LogP contribution in [-0.4, -0.2) is 12.5 Å². The van der Waals surface area contributed by atoms with Crippen LogP contribution in [0.3, 0.4) is 0 Å². The maximum atomic E-state index is 12.5. The van der Waals surface area contributed by atoms with Gasteiger partial charge in [0.05, 0.1) is 18.2 Å². The number of carbonyl (C=O) groups excluding carboxylic acids is 1. The molecule has 0 saturated heterocycles. The van der Waals surface area contributed by atoms with Crippen LogP contribution in [0.15, 0.2) is 54.6 Å². The van der Waals surface area contributed by atoms with E-state index in [1.807, 2.05) is 37.3 Å². The third kappa shape index (κ3) is 5.02. The Morgan fingerprint density at radius 1 is 1.04 bits per heavy atom. The molecule has 0 aliphatic rings. The first kappa shape index (κ1) is 16.9. The zero-order valence-corrected chi connectivity index (χ0v) is 12.5. The Labute approximate surface area is 132 Å². The van der Waals surface area contributed by atoms with Gasteiger partial charge < -0.3 is 10.6 Å². The molecular weight excluding hydrogens is 305 g/mol. The van der Waals surface area contributed by atoms with Crippen molar-refractivity contribution in [2.45, 2.75) is 19.1 Å². The summed E-state index contributed by atoms with van der Waals surface area (Å²) < 4.78 is 37.4. The lowest BCUT2D eigenvalue weighted by Gasteiger charge is -2.15. The first-order valence-electron chi connectivity index (χ1n) is 7.11. The Hall–Kier alpha value is -2.50. The van der Waals surface area contributed by atoms with Crippen LogP contribution in [0.25, 0.3) is 0 Å². The Balaban J connectivity index is 1.85. The molecule has 23 heavy (non-hydrogen) atoms. The van der Waals surface area contributed by atoms with E-state index in [4.69, 9.17) is 0 Å². The van der Waals surface area contributed by atoms with E-state index in [2.05, 4.69) is 10.6 Å². The Kier molecular flexibility index (Phi) is 5.26. The SMILES string of the molecule is CC(NC(=O)CNc1ccc(C(F)(F)F)cc1)c1ccccc1. The molecule has 6 heteroatoms. The number of anilines is 1. The molecule has 1 amide bonds. The smallest absolute Gasteiger partial charge is 0.376 e. The molecule has 1 unspecified atom stereocenters. The second-order valence-electron chi connectivity index (χ2n) is 5.13. The number of nitrogens with one attached hydrogen (secondary N) is 2. The lowest BCUT2D eigenvalue weighted by atomic mass is 10.1. The number of amides is 1. The molecule has 2 N–H and O–H groups in total. The standard InChI is InChI=1S/C17H17F3N2O/c1-12(13-5-3-2-4-6-13)22-16(23)11-21-15-9-7-14(8-10-15)17(18,19)20/h2-10,12,21H,11H2,1H3,(H,22,23). The second-order valence-corrected chi connectivity index (χ2v) is 5.13. The molecule has 2 aromatic carbocycles. The minimum absolute atomic E-state index is 0.0114. The highest BCUT2D eigenvalue weighted by Gasteiger charge is 2.29. The fourth-order valence-corrected chi connectivity index (χ4v) is 2.08. The summed E-state index contributed by atoms with van der Waals surface area (Å²) in [4.78, 5) is 11.9. The van der Waals surface area contributed by atoms with Gasteiger partial charge in [0.15, 0.2) is 0 Å². The van der Waals surface area contributed by atoms with Crippen LogP contribution in [0.2, 0.25) is 0 Å². The highest BCUT2D eigenvalue weighted by Crippen LogP contribution is 2.29. The molecule has 0 aromatic heterocycles. The number of hydrogen-bond donors (Lipinski definition) is 2. The molecule has 0 aliphatic carbocycles. The van der Waals surface area contributed by atoms with Crippen LogP contribution in [0.4, 0.5) is 18.9 Å². The summed E-state index contributed by atoms with van der Waals surface area (Å²) in [7, 11) is 0. The van der Waals surface area contributed by atoms with Crippen molar-refractivity contribution in [3.05, 3.63) is 65.7 Å². The summed E-state index contributed by atoms with van der Waals surface area (Å²) in [5.74, 6) is -0.235. The van der Waals surface area contributed by atoms with Crippen LogP contribution in [-0.2, 0) is 11.0 Å². The maximum absolute atomic E-state index is 12.5.